The topological polar surface area (TPSA) is 54.9 Å². The van der Waals surface area contributed by atoms with Crippen LogP contribution in [0.5, 0.6) is 5.75 Å². The van der Waals surface area contributed by atoms with Crippen LogP contribution in [0.25, 0.3) is 22.1 Å². The summed E-state index contributed by atoms with van der Waals surface area (Å²) in [5.41, 5.74) is 2.33. The molecule has 0 radical (unpaired) electrons. The maximum absolute atomic E-state index is 12.3. The number of piperidine rings is 1. The predicted octanol–water partition coefficient (Wildman–Crippen LogP) is 3.63. The highest BCUT2D eigenvalue weighted by molar-refractivity contribution is 6.33. The summed E-state index contributed by atoms with van der Waals surface area (Å²) in [6.07, 6.45) is 2.32. The average molecular weight is 385 g/mol. The Morgan fingerprint density at radius 1 is 1.19 bits per heavy atom. The van der Waals surface area contributed by atoms with Crippen molar-refractivity contribution in [1.82, 2.24) is 0 Å². The van der Waals surface area contributed by atoms with Gasteiger partial charge >= 0.3 is 5.63 Å². The molecular formula is C22H23ClNO3+. The quantitative estimate of drug-likeness (QED) is 0.678. The normalized spacial score (nSPS) is 20.1. The zero-order valence-corrected chi connectivity index (χ0v) is 16.1. The molecule has 0 spiro atoms. The molecule has 2 N–H and O–H groups in total. The summed E-state index contributed by atoms with van der Waals surface area (Å²) in [5.74, 6) is 0.754. The number of benzene rings is 2. The van der Waals surface area contributed by atoms with Crippen LogP contribution >= 0.6 is 11.6 Å². The van der Waals surface area contributed by atoms with E-state index in [1.54, 1.807) is 6.07 Å². The lowest BCUT2D eigenvalue weighted by molar-refractivity contribution is -0.919. The summed E-state index contributed by atoms with van der Waals surface area (Å²) >= 11 is 6.35. The van der Waals surface area contributed by atoms with Gasteiger partial charge < -0.3 is 14.4 Å². The summed E-state index contributed by atoms with van der Waals surface area (Å²) in [6, 6.07) is 12.9. The van der Waals surface area contributed by atoms with E-state index >= 15 is 0 Å². The Hall–Kier alpha value is -2.30. The maximum Gasteiger partial charge on any atom is 0.336 e. The average Bonchev–Trinajstić information content (AvgIpc) is 2.68. The molecule has 1 aliphatic rings. The number of hydrogen-bond acceptors (Lipinski definition) is 3. The van der Waals surface area contributed by atoms with Crippen molar-refractivity contribution in [3.63, 3.8) is 0 Å². The highest BCUT2D eigenvalue weighted by Crippen LogP contribution is 2.37. The molecule has 5 heteroatoms. The Labute approximate surface area is 163 Å². The van der Waals surface area contributed by atoms with Crippen LogP contribution in [0.2, 0.25) is 5.02 Å². The molecule has 4 rings (SSSR count). The van der Waals surface area contributed by atoms with Gasteiger partial charge in [-0.25, -0.2) is 4.79 Å². The number of hydrogen-bond donors (Lipinski definition) is 2. The molecule has 0 aliphatic carbocycles. The Bertz CT molecular complexity index is 1020. The van der Waals surface area contributed by atoms with Crippen LogP contribution in [0.1, 0.15) is 25.3 Å². The van der Waals surface area contributed by atoms with E-state index in [-0.39, 0.29) is 10.8 Å². The highest BCUT2D eigenvalue weighted by Gasteiger charge is 2.24. The lowest BCUT2D eigenvalue weighted by Crippen LogP contribution is -3.11. The molecule has 0 saturated carbocycles. The minimum absolute atomic E-state index is 0.0173. The second-order valence-corrected chi connectivity index (χ2v) is 7.92. The molecule has 2 aromatic carbocycles. The first kappa shape index (κ1) is 18.1. The largest absolute Gasteiger partial charge is 0.506 e. The van der Waals surface area contributed by atoms with E-state index in [0.29, 0.717) is 17.7 Å². The smallest absolute Gasteiger partial charge is 0.336 e. The van der Waals surface area contributed by atoms with Gasteiger partial charge in [-0.05, 0) is 36.0 Å². The van der Waals surface area contributed by atoms with Crippen molar-refractivity contribution >= 4 is 22.6 Å². The van der Waals surface area contributed by atoms with Crippen LogP contribution in [0, 0.1) is 5.92 Å². The fourth-order valence-corrected chi connectivity index (χ4v) is 4.16. The van der Waals surface area contributed by atoms with E-state index in [2.05, 4.69) is 6.92 Å². The number of fused-ring (bicyclic) bond motifs is 1. The number of phenolic OH excluding ortho intramolecular Hbond substituents is 1. The SMILES string of the molecule is CC1CC[NH+](Cc2c(O)c(Cl)cc3c(-c4ccccc4)cc(=O)oc23)CC1. The van der Waals surface area contributed by atoms with Crippen molar-refractivity contribution in [2.45, 2.75) is 26.3 Å². The molecule has 140 valence electrons. The van der Waals surface area contributed by atoms with E-state index in [1.165, 1.54) is 11.0 Å². The van der Waals surface area contributed by atoms with Gasteiger partial charge in [0.1, 0.15) is 12.3 Å². The summed E-state index contributed by atoms with van der Waals surface area (Å²) < 4.78 is 5.57. The molecule has 2 heterocycles. The number of rotatable bonds is 3. The molecular weight excluding hydrogens is 362 g/mol. The van der Waals surface area contributed by atoms with Gasteiger partial charge in [0.05, 0.1) is 23.7 Å². The van der Waals surface area contributed by atoms with Crippen LogP contribution in [0.15, 0.2) is 51.7 Å². The lowest BCUT2D eigenvalue weighted by atomic mass is 9.97. The van der Waals surface area contributed by atoms with Gasteiger partial charge in [0.15, 0.2) is 5.58 Å². The molecule has 1 aromatic heterocycles. The van der Waals surface area contributed by atoms with Gasteiger partial charge in [-0.2, -0.15) is 0 Å². The zero-order valence-electron chi connectivity index (χ0n) is 15.3. The van der Waals surface area contributed by atoms with Crippen molar-refractivity contribution in [3.05, 3.63) is 63.5 Å². The van der Waals surface area contributed by atoms with Crippen molar-refractivity contribution in [1.29, 1.82) is 0 Å². The van der Waals surface area contributed by atoms with Gasteiger partial charge in [0.2, 0.25) is 0 Å². The predicted molar refractivity (Wildman–Crippen MR) is 107 cm³/mol. The summed E-state index contributed by atoms with van der Waals surface area (Å²) in [7, 11) is 0. The number of likely N-dealkylation sites (tertiary alicyclic amines) is 1. The van der Waals surface area contributed by atoms with E-state index in [9.17, 15) is 9.90 Å². The molecule has 0 amide bonds. The van der Waals surface area contributed by atoms with Gasteiger partial charge in [0.25, 0.3) is 0 Å². The Kier molecular flexibility index (Phi) is 4.94. The number of halogens is 1. The third kappa shape index (κ3) is 3.60. The third-order valence-corrected chi connectivity index (χ3v) is 5.84. The minimum atomic E-state index is -0.424. The molecule has 0 unspecified atom stereocenters. The maximum atomic E-state index is 12.3. The second kappa shape index (κ2) is 7.37. The Balaban J connectivity index is 1.87. The zero-order chi connectivity index (χ0) is 19.0. The standard InChI is InChI=1S/C22H22ClNO3/c1-14-7-9-24(10-8-14)13-18-21(26)19(23)11-17-16(12-20(25)27-22(17)18)15-5-3-2-4-6-15/h2-6,11-12,14,26H,7-10,13H2,1H3/p+1. The van der Waals surface area contributed by atoms with Gasteiger partial charge in [-0.3, -0.25) is 0 Å². The first-order chi connectivity index (χ1) is 13.0. The molecule has 4 nitrogen and oxygen atoms in total. The van der Waals surface area contributed by atoms with Crippen LogP contribution in [0.4, 0.5) is 0 Å². The molecule has 0 atom stereocenters. The van der Waals surface area contributed by atoms with Crippen molar-refractivity contribution in [3.8, 4) is 16.9 Å². The molecule has 1 aliphatic heterocycles. The summed E-state index contributed by atoms with van der Waals surface area (Å²) in [5, 5.41) is 11.7. The van der Waals surface area contributed by atoms with Gasteiger partial charge in [0, 0.05) is 11.5 Å². The lowest BCUT2D eigenvalue weighted by Gasteiger charge is -2.27. The highest BCUT2D eigenvalue weighted by atomic mass is 35.5. The van der Waals surface area contributed by atoms with Gasteiger partial charge in [-0.15, -0.1) is 0 Å². The first-order valence-electron chi connectivity index (χ1n) is 9.40. The van der Waals surface area contributed by atoms with Crippen LogP contribution < -0.4 is 10.5 Å². The summed E-state index contributed by atoms with van der Waals surface area (Å²) in [6.45, 7) is 4.94. The van der Waals surface area contributed by atoms with Crippen molar-refractivity contribution in [2.75, 3.05) is 13.1 Å². The van der Waals surface area contributed by atoms with Crippen LogP contribution in [-0.2, 0) is 6.54 Å². The fraction of sp³-hybridized carbons (Fsp3) is 0.318. The van der Waals surface area contributed by atoms with Crippen LogP contribution in [0.3, 0.4) is 0 Å². The number of phenols is 1. The first-order valence-corrected chi connectivity index (χ1v) is 9.78. The third-order valence-electron chi connectivity index (χ3n) is 5.55. The Morgan fingerprint density at radius 3 is 2.59 bits per heavy atom. The fourth-order valence-electron chi connectivity index (χ4n) is 3.93. The van der Waals surface area contributed by atoms with E-state index in [0.717, 1.165) is 48.4 Å². The van der Waals surface area contributed by atoms with Gasteiger partial charge in [-0.1, -0.05) is 48.9 Å². The second-order valence-electron chi connectivity index (χ2n) is 7.52. The van der Waals surface area contributed by atoms with E-state index in [1.807, 2.05) is 30.3 Å². The Morgan fingerprint density at radius 2 is 1.89 bits per heavy atom. The van der Waals surface area contributed by atoms with E-state index < -0.39 is 5.63 Å². The van der Waals surface area contributed by atoms with Crippen molar-refractivity contribution < 1.29 is 14.4 Å². The summed E-state index contributed by atoms with van der Waals surface area (Å²) in [4.78, 5) is 13.6. The minimum Gasteiger partial charge on any atom is -0.506 e. The van der Waals surface area contributed by atoms with E-state index in [4.69, 9.17) is 16.0 Å². The molecule has 0 bridgehead atoms. The number of aromatic hydroxyl groups is 1. The molecule has 1 fully saturated rings. The molecule has 3 aromatic rings. The monoisotopic (exact) mass is 384 g/mol. The van der Waals surface area contributed by atoms with Crippen LogP contribution in [-0.4, -0.2) is 18.2 Å². The van der Waals surface area contributed by atoms with Crippen molar-refractivity contribution in [2.24, 2.45) is 5.92 Å². The number of quaternary nitrogens is 1. The molecule has 1 saturated heterocycles. The number of nitrogens with one attached hydrogen (secondary N) is 1. The molecule has 27 heavy (non-hydrogen) atoms.